The van der Waals surface area contributed by atoms with Crippen LogP contribution in [0.2, 0.25) is 0 Å². The van der Waals surface area contributed by atoms with Crippen LogP contribution in [0.5, 0.6) is 0 Å². The van der Waals surface area contributed by atoms with E-state index in [4.69, 9.17) is 5.73 Å². The highest BCUT2D eigenvalue weighted by Crippen LogP contribution is 2.38. The smallest absolute Gasteiger partial charge is 0.364 e. The predicted octanol–water partition coefficient (Wildman–Crippen LogP) is 3.78. The van der Waals surface area contributed by atoms with Gasteiger partial charge in [0.2, 0.25) is 0 Å². The molecule has 21 heavy (non-hydrogen) atoms. The van der Waals surface area contributed by atoms with Crippen molar-refractivity contribution in [1.82, 2.24) is 4.98 Å². The molecule has 0 aliphatic carbocycles. The van der Waals surface area contributed by atoms with Crippen LogP contribution < -0.4 is 5.73 Å². The zero-order chi connectivity index (χ0) is 15.8. The summed E-state index contributed by atoms with van der Waals surface area (Å²) in [5.74, 6) is -0.994. The molecule has 0 aliphatic rings. The Labute approximate surface area is 132 Å². The van der Waals surface area contributed by atoms with E-state index in [1.54, 1.807) is 12.1 Å². The van der Waals surface area contributed by atoms with E-state index in [9.17, 15) is 18.0 Å². The fraction of sp³-hybridized carbons (Fsp3) is 0.143. The third-order valence-electron chi connectivity index (χ3n) is 2.95. The van der Waals surface area contributed by atoms with Crippen LogP contribution in [0.1, 0.15) is 21.6 Å². The number of primary amides is 1. The molecule has 0 radical (unpaired) electrons. The van der Waals surface area contributed by atoms with E-state index >= 15 is 0 Å². The number of benzene rings is 1. The zero-order valence-electron chi connectivity index (χ0n) is 10.8. The fourth-order valence-corrected chi connectivity index (χ4v) is 2.44. The van der Waals surface area contributed by atoms with Crippen LogP contribution >= 0.6 is 22.6 Å². The Morgan fingerprint density at radius 3 is 2.48 bits per heavy atom. The topological polar surface area (TPSA) is 56.0 Å². The first kappa shape index (κ1) is 15.7. The minimum atomic E-state index is -4.60. The van der Waals surface area contributed by atoms with Crippen molar-refractivity contribution in [1.29, 1.82) is 0 Å². The van der Waals surface area contributed by atoms with Gasteiger partial charge in [-0.2, -0.15) is 13.2 Å². The van der Waals surface area contributed by atoms with Gasteiger partial charge >= 0.3 is 6.18 Å². The Hall–Kier alpha value is -1.64. The molecule has 0 spiro atoms. The van der Waals surface area contributed by atoms with Crippen molar-refractivity contribution in [3.8, 4) is 11.1 Å². The molecule has 0 atom stereocenters. The SMILES string of the molecule is Cc1ccc(-c2c(C(F)(F)F)ccnc2C(N)=O)cc1I. The summed E-state index contributed by atoms with van der Waals surface area (Å²) < 4.78 is 40.3. The molecule has 0 saturated carbocycles. The first-order chi connectivity index (χ1) is 9.71. The number of rotatable bonds is 2. The van der Waals surface area contributed by atoms with Crippen molar-refractivity contribution < 1.29 is 18.0 Å². The quantitative estimate of drug-likeness (QED) is 0.773. The Kier molecular flexibility index (Phi) is 4.22. The first-order valence-corrected chi connectivity index (χ1v) is 6.92. The van der Waals surface area contributed by atoms with E-state index in [1.165, 1.54) is 6.07 Å². The number of carbonyl (C=O) groups is 1. The molecule has 0 saturated heterocycles. The molecule has 7 heteroatoms. The molecule has 2 N–H and O–H groups in total. The van der Waals surface area contributed by atoms with Crippen LogP contribution in [-0.2, 0) is 6.18 Å². The molecular weight excluding hydrogens is 396 g/mol. The fourth-order valence-electron chi connectivity index (χ4n) is 1.93. The maximum absolute atomic E-state index is 13.2. The predicted molar refractivity (Wildman–Crippen MR) is 80.6 cm³/mol. The first-order valence-electron chi connectivity index (χ1n) is 5.84. The van der Waals surface area contributed by atoms with E-state index < -0.39 is 17.6 Å². The van der Waals surface area contributed by atoms with Gasteiger partial charge in [0.15, 0.2) is 0 Å². The lowest BCUT2D eigenvalue weighted by Crippen LogP contribution is -2.18. The third kappa shape index (κ3) is 3.17. The average molecular weight is 406 g/mol. The van der Waals surface area contributed by atoms with Crippen molar-refractivity contribution >= 4 is 28.5 Å². The number of nitrogens with zero attached hydrogens (tertiary/aromatic N) is 1. The van der Waals surface area contributed by atoms with Gasteiger partial charge in [-0.3, -0.25) is 9.78 Å². The summed E-state index contributed by atoms with van der Waals surface area (Å²) in [5, 5.41) is 0. The number of amides is 1. The van der Waals surface area contributed by atoms with E-state index in [1.807, 2.05) is 29.5 Å². The summed E-state index contributed by atoms with van der Waals surface area (Å²) in [6.07, 6.45) is -3.66. The number of aromatic nitrogens is 1. The van der Waals surface area contributed by atoms with Crippen molar-refractivity contribution in [3.05, 3.63) is 50.9 Å². The number of aryl methyl sites for hydroxylation is 1. The molecule has 1 amide bonds. The maximum atomic E-state index is 13.2. The van der Waals surface area contributed by atoms with Gasteiger partial charge in [0.1, 0.15) is 5.69 Å². The highest BCUT2D eigenvalue weighted by atomic mass is 127. The third-order valence-corrected chi connectivity index (χ3v) is 4.11. The van der Waals surface area contributed by atoms with Crippen LogP contribution in [0.25, 0.3) is 11.1 Å². The normalized spacial score (nSPS) is 11.5. The molecule has 2 rings (SSSR count). The summed E-state index contributed by atoms with van der Waals surface area (Å²) in [6, 6.07) is 5.63. The second-order valence-corrected chi connectivity index (χ2v) is 5.57. The van der Waals surface area contributed by atoms with Gasteiger partial charge in [-0.25, -0.2) is 0 Å². The Morgan fingerprint density at radius 1 is 1.29 bits per heavy atom. The largest absolute Gasteiger partial charge is 0.417 e. The van der Waals surface area contributed by atoms with Gasteiger partial charge in [-0.15, -0.1) is 0 Å². The van der Waals surface area contributed by atoms with Crippen LogP contribution in [0.15, 0.2) is 30.5 Å². The summed E-state index contributed by atoms with van der Waals surface area (Å²) >= 11 is 2.02. The van der Waals surface area contributed by atoms with Crippen LogP contribution in [0.4, 0.5) is 13.2 Å². The second-order valence-electron chi connectivity index (χ2n) is 4.41. The molecule has 0 unspecified atom stereocenters. The van der Waals surface area contributed by atoms with Gasteiger partial charge in [-0.1, -0.05) is 12.1 Å². The van der Waals surface area contributed by atoms with Gasteiger partial charge in [-0.05, 0) is 52.8 Å². The Bertz CT molecular complexity index is 714. The summed E-state index contributed by atoms with van der Waals surface area (Å²) in [7, 11) is 0. The summed E-state index contributed by atoms with van der Waals surface area (Å²) in [4.78, 5) is 15.1. The molecule has 3 nitrogen and oxygen atoms in total. The van der Waals surface area contributed by atoms with Gasteiger partial charge < -0.3 is 5.73 Å². The number of hydrogen-bond donors (Lipinski definition) is 1. The Balaban J connectivity index is 2.81. The molecule has 0 fully saturated rings. The van der Waals surface area contributed by atoms with Crippen molar-refractivity contribution in [2.45, 2.75) is 13.1 Å². The zero-order valence-corrected chi connectivity index (χ0v) is 13.0. The number of carbonyl (C=O) groups excluding carboxylic acids is 1. The maximum Gasteiger partial charge on any atom is 0.417 e. The van der Waals surface area contributed by atoms with Crippen molar-refractivity contribution in [2.75, 3.05) is 0 Å². The molecule has 1 heterocycles. The molecular formula is C14H10F3IN2O. The molecule has 110 valence electrons. The minimum absolute atomic E-state index is 0.263. The summed E-state index contributed by atoms with van der Waals surface area (Å²) in [5.41, 5.74) is 4.76. The number of alkyl halides is 3. The number of halogens is 4. The van der Waals surface area contributed by atoms with Crippen molar-refractivity contribution in [2.24, 2.45) is 5.73 Å². The lowest BCUT2D eigenvalue weighted by atomic mass is 9.97. The van der Waals surface area contributed by atoms with E-state index in [0.29, 0.717) is 0 Å². The van der Waals surface area contributed by atoms with Crippen LogP contribution in [0.3, 0.4) is 0 Å². The lowest BCUT2D eigenvalue weighted by molar-refractivity contribution is -0.137. The highest BCUT2D eigenvalue weighted by molar-refractivity contribution is 14.1. The summed E-state index contributed by atoms with van der Waals surface area (Å²) in [6.45, 7) is 1.84. The van der Waals surface area contributed by atoms with E-state index in [-0.39, 0.29) is 16.8 Å². The number of hydrogen-bond acceptors (Lipinski definition) is 2. The van der Waals surface area contributed by atoms with Crippen LogP contribution in [-0.4, -0.2) is 10.9 Å². The minimum Gasteiger partial charge on any atom is -0.364 e. The van der Waals surface area contributed by atoms with Gasteiger partial charge in [0, 0.05) is 15.3 Å². The number of nitrogens with two attached hydrogens (primary N) is 1. The Morgan fingerprint density at radius 2 is 1.95 bits per heavy atom. The molecule has 0 aliphatic heterocycles. The monoisotopic (exact) mass is 406 g/mol. The van der Waals surface area contributed by atoms with E-state index in [0.717, 1.165) is 21.4 Å². The molecule has 1 aromatic carbocycles. The van der Waals surface area contributed by atoms with Gasteiger partial charge in [0.05, 0.1) is 5.56 Å². The standard InChI is InChI=1S/C14H10F3IN2O/c1-7-2-3-8(6-10(7)18)11-9(14(15,16)17)4-5-20-12(11)13(19)21/h2-6H,1H3,(H2,19,21). The average Bonchev–Trinajstić information content (AvgIpc) is 2.40. The molecule has 0 bridgehead atoms. The lowest BCUT2D eigenvalue weighted by Gasteiger charge is -2.15. The molecule has 2 aromatic rings. The van der Waals surface area contributed by atoms with Crippen LogP contribution in [0, 0.1) is 10.5 Å². The number of pyridine rings is 1. The molecule has 1 aromatic heterocycles. The highest BCUT2D eigenvalue weighted by Gasteiger charge is 2.36. The second kappa shape index (κ2) is 5.63. The van der Waals surface area contributed by atoms with Crippen molar-refractivity contribution in [3.63, 3.8) is 0 Å². The van der Waals surface area contributed by atoms with Gasteiger partial charge in [0.25, 0.3) is 5.91 Å². The van der Waals surface area contributed by atoms with E-state index in [2.05, 4.69) is 4.98 Å².